The molecule has 1 unspecified atom stereocenters. The van der Waals surface area contributed by atoms with Gasteiger partial charge >= 0.3 is 6.03 Å². The summed E-state index contributed by atoms with van der Waals surface area (Å²) in [6.07, 6.45) is 4.03. The number of carbonyl (C=O) groups is 3. The second-order valence-corrected chi connectivity index (χ2v) is 7.19. The van der Waals surface area contributed by atoms with Crippen LogP contribution < -0.4 is 15.6 Å². The first-order valence-corrected chi connectivity index (χ1v) is 8.91. The number of carbonyl (C=O) groups excluding carboxylic acids is 3. The Morgan fingerprint density at radius 2 is 2.04 bits per heavy atom. The largest absolute Gasteiger partial charge is 0.344 e. The number of hydrogen-bond donors (Lipinski definition) is 3. The summed E-state index contributed by atoms with van der Waals surface area (Å²) in [5.41, 5.74) is 2.33. The van der Waals surface area contributed by atoms with Crippen LogP contribution in [0.5, 0.6) is 0 Å². The third-order valence-electron chi connectivity index (χ3n) is 4.96. The minimum absolute atomic E-state index is 0.0561. The number of benzene rings is 1. The molecule has 4 amide bonds. The van der Waals surface area contributed by atoms with Gasteiger partial charge in [-0.05, 0) is 25.0 Å². The first kappa shape index (κ1) is 18.3. The highest BCUT2D eigenvalue weighted by Crippen LogP contribution is 2.32. The Labute approximate surface area is 151 Å². The van der Waals surface area contributed by atoms with Crippen molar-refractivity contribution in [2.45, 2.75) is 44.2 Å². The van der Waals surface area contributed by atoms with Gasteiger partial charge in [0.25, 0.3) is 11.8 Å². The van der Waals surface area contributed by atoms with Crippen LogP contribution in [0.15, 0.2) is 24.3 Å². The zero-order valence-electron chi connectivity index (χ0n) is 14.8. The highest BCUT2D eigenvalue weighted by atomic mass is 19.1. The lowest BCUT2D eigenvalue weighted by atomic mass is 9.82. The van der Waals surface area contributed by atoms with Gasteiger partial charge in [0, 0.05) is 5.56 Å². The topological polar surface area (TPSA) is 82.9 Å². The van der Waals surface area contributed by atoms with Crippen molar-refractivity contribution in [3.8, 4) is 0 Å². The summed E-state index contributed by atoms with van der Waals surface area (Å²) in [7, 11) is 1.79. The van der Waals surface area contributed by atoms with Gasteiger partial charge in [0.2, 0.25) is 0 Å². The molecule has 1 aliphatic heterocycles. The van der Waals surface area contributed by atoms with Crippen molar-refractivity contribution >= 4 is 17.8 Å². The van der Waals surface area contributed by atoms with Gasteiger partial charge in [-0.3, -0.25) is 15.0 Å². The number of rotatable bonds is 5. The number of amides is 4. The molecule has 2 aliphatic rings. The van der Waals surface area contributed by atoms with E-state index in [0.29, 0.717) is 19.4 Å². The molecule has 2 fully saturated rings. The Bertz CT molecular complexity index is 718. The average Bonchev–Trinajstić information content (AvgIpc) is 2.79. The van der Waals surface area contributed by atoms with Crippen LogP contribution in [0.3, 0.4) is 0 Å². The van der Waals surface area contributed by atoms with Crippen molar-refractivity contribution in [3.05, 3.63) is 35.6 Å². The molecular formula is C18H24FN4O3+. The molecule has 1 saturated carbocycles. The Morgan fingerprint density at radius 3 is 2.73 bits per heavy atom. The van der Waals surface area contributed by atoms with E-state index in [2.05, 4.69) is 10.7 Å². The molecule has 0 aromatic heterocycles. The fraction of sp³-hybridized carbons (Fsp3) is 0.500. The first-order valence-electron chi connectivity index (χ1n) is 8.91. The predicted molar refractivity (Wildman–Crippen MR) is 91.2 cm³/mol. The van der Waals surface area contributed by atoms with Gasteiger partial charge < -0.3 is 10.2 Å². The van der Waals surface area contributed by atoms with Gasteiger partial charge in [0.1, 0.15) is 17.9 Å². The second kappa shape index (κ2) is 7.41. The fourth-order valence-electron chi connectivity index (χ4n) is 3.71. The maximum atomic E-state index is 13.2. The third-order valence-corrected chi connectivity index (χ3v) is 4.96. The second-order valence-electron chi connectivity index (χ2n) is 7.19. The number of nitrogens with one attached hydrogen (secondary N) is 3. The van der Waals surface area contributed by atoms with Crippen molar-refractivity contribution < 1.29 is 23.7 Å². The Morgan fingerprint density at radius 1 is 1.31 bits per heavy atom. The number of hydrazine groups is 1. The van der Waals surface area contributed by atoms with Crippen LogP contribution >= 0.6 is 0 Å². The number of likely N-dealkylation sites (N-methyl/N-ethyl adjacent to an activating group) is 1. The van der Waals surface area contributed by atoms with Gasteiger partial charge in [-0.15, -0.1) is 0 Å². The smallest absolute Gasteiger partial charge is 0.326 e. The molecular weight excluding hydrogens is 339 g/mol. The van der Waals surface area contributed by atoms with Crippen LogP contribution in [0.4, 0.5) is 9.18 Å². The van der Waals surface area contributed by atoms with E-state index in [1.54, 1.807) is 19.2 Å². The SMILES string of the molecule is C[NH+](CC(=O)NN1C(=O)NC2(CCCCC2)C1=O)Cc1cccc(F)c1. The average molecular weight is 363 g/mol. The summed E-state index contributed by atoms with van der Waals surface area (Å²) >= 11 is 0. The molecule has 1 spiro atoms. The summed E-state index contributed by atoms with van der Waals surface area (Å²) in [5.74, 6) is -1.13. The van der Waals surface area contributed by atoms with Crippen LogP contribution in [-0.4, -0.2) is 42.0 Å². The van der Waals surface area contributed by atoms with Crippen LogP contribution in [0.1, 0.15) is 37.7 Å². The lowest BCUT2D eigenvalue weighted by Gasteiger charge is -2.30. The molecule has 26 heavy (non-hydrogen) atoms. The van der Waals surface area contributed by atoms with E-state index in [1.165, 1.54) is 12.1 Å². The zero-order chi connectivity index (χ0) is 18.7. The van der Waals surface area contributed by atoms with Crippen molar-refractivity contribution in [1.29, 1.82) is 0 Å². The number of quaternary nitrogens is 1. The molecule has 1 aliphatic carbocycles. The zero-order valence-corrected chi connectivity index (χ0v) is 14.8. The van der Waals surface area contributed by atoms with Gasteiger partial charge in [0.15, 0.2) is 6.54 Å². The summed E-state index contributed by atoms with van der Waals surface area (Å²) in [5, 5.41) is 3.56. The van der Waals surface area contributed by atoms with Gasteiger partial charge in [-0.25, -0.2) is 9.18 Å². The van der Waals surface area contributed by atoms with Gasteiger partial charge in [0.05, 0.1) is 7.05 Å². The van der Waals surface area contributed by atoms with Crippen LogP contribution in [0.25, 0.3) is 0 Å². The van der Waals surface area contributed by atoms with E-state index in [-0.39, 0.29) is 18.3 Å². The Kier molecular flexibility index (Phi) is 5.22. The Balaban J connectivity index is 1.56. The van der Waals surface area contributed by atoms with Crippen molar-refractivity contribution in [2.24, 2.45) is 0 Å². The van der Waals surface area contributed by atoms with Gasteiger partial charge in [-0.2, -0.15) is 5.01 Å². The van der Waals surface area contributed by atoms with Gasteiger partial charge in [-0.1, -0.05) is 31.4 Å². The summed E-state index contributed by atoms with van der Waals surface area (Å²) in [4.78, 5) is 37.8. The normalized spacial score (nSPS) is 20.2. The number of hydrogen-bond acceptors (Lipinski definition) is 3. The summed E-state index contributed by atoms with van der Waals surface area (Å²) < 4.78 is 13.2. The lowest BCUT2D eigenvalue weighted by Crippen LogP contribution is -3.09. The predicted octanol–water partition coefficient (Wildman–Crippen LogP) is 0.126. The quantitative estimate of drug-likeness (QED) is 0.650. The third kappa shape index (κ3) is 3.85. The lowest BCUT2D eigenvalue weighted by molar-refractivity contribution is -0.885. The molecule has 3 N–H and O–H groups in total. The minimum Gasteiger partial charge on any atom is -0.326 e. The molecule has 1 aromatic rings. The van der Waals surface area contributed by atoms with Crippen molar-refractivity contribution in [3.63, 3.8) is 0 Å². The molecule has 0 radical (unpaired) electrons. The standard InChI is InChI=1S/C18H23FN4O3/c1-22(11-13-6-5-7-14(19)10-13)12-15(24)21-23-16(25)18(20-17(23)26)8-3-2-4-9-18/h5-7,10H,2-4,8-9,11-12H2,1H3,(H,20,26)(H,21,24)/p+1. The van der Waals surface area contributed by atoms with E-state index in [9.17, 15) is 18.8 Å². The molecule has 7 nitrogen and oxygen atoms in total. The molecule has 1 atom stereocenters. The fourth-order valence-corrected chi connectivity index (χ4v) is 3.71. The molecule has 3 rings (SSSR count). The van der Waals surface area contributed by atoms with E-state index >= 15 is 0 Å². The van der Waals surface area contributed by atoms with Crippen molar-refractivity contribution in [2.75, 3.05) is 13.6 Å². The highest BCUT2D eigenvalue weighted by molar-refractivity contribution is 6.08. The van der Waals surface area contributed by atoms with E-state index < -0.39 is 17.5 Å². The van der Waals surface area contributed by atoms with E-state index in [0.717, 1.165) is 34.7 Å². The van der Waals surface area contributed by atoms with Crippen LogP contribution in [0.2, 0.25) is 0 Å². The van der Waals surface area contributed by atoms with Crippen LogP contribution in [-0.2, 0) is 16.1 Å². The number of urea groups is 1. The maximum Gasteiger partial charge on any atom is 0.344 e. The Hall–Kier alpha value is -2.48. The summed E-state index contributed by atoms with van der Waals surface area (Å²) in [6.45, 7) is 0.510. The molecule has 0 bridgehead atoms. The number of halogens is 1. The number of nitrogens with zero attached hydrogens (tertiary/aromatic N) is 1. The van der Waals surface area contributed by atoms with E-state index in [1.807, 2.05) is 0 Å². The summed E-state index contributed by atoms with van der Waals surface area (Å²) in [6, 6.07) is 5.62. The van der Waals surface area contributed by atoms with Crippen molar-refractivity contribution in [1.82, 2.24) is 15.8 Å². The maximum absolute atomic E-state index is 13.2. The molecule has 140 valence electrons. The van der Waals surface area contributed by atoms with Crippen LogP contribution in [0, 0.1) is 5.82 Å². The molecule has 1 aromatic carbocycles. The van der Waals surface area contributed by atoms with E-state index in [4.69, 9.17) is 0 Å². The minimum atomic E-state index is -0.858. The first-order chi connectivity index (χ1) is 12.4. The molecule has 8 heteroatoms. The molecule has 1 heterocycles. The molecule has 1 saturated heterocycles. The highest BCUT2D eigenvalue weighted by Gasteiger charge is 2.52. The monoisotopic (exact) mass is 363 g/mol. The number of imide groups is 1.